The molecular weight excluding hydrogens is 555 g/mol. The number of nitrogens with zero attached hydrogens (tertiary/aromatic N) is 1. The summed E-state index contributed by atoms with van der Waals surface area (Å²) in [4.78, 5) is 12.7. The van der Waals surface area contributed by atoms with Gasteiger partial charge in [-0.2, -0.15) is 5.26 Å². The predicted octanol–water partition coefficient (Wildman–Crippen LogP) is 6.44. The number of methoxy groups -OCH3 is 1. The summed E-state index contributed by atoms with van der Waals surface area (Å²) in [6.45, 7) is 6.98. The standard InChI is InChI=1S/C28H27IN2O4/c1-5-34-24-8-6-23(7-9-24)31-28(32)22(16-30)13-20-14-25(29)27(26(15-20)33-4)35-17-21-11-18(2)10-19(3)12-21/h6-15H,5,17H2,1-4H3,(H,31,32)/b22-13+. The Balaban J connectivity index is 1.78. The highest BCUT2D eigenvalue weighted by Crippen LogP contribution is 2.35. The zero-order valence-electron chi connectivity index (χ0n) is 20.1. The highest BCUT2D eigenvalue weighted by molar-refractivity contribution is 14.1. The predicted molar refractivity (Wildman–Crippen MR) is 146 cm³/mol. The van der Waals surface area contributed by atoms with E-state index in [1.54, 1.807) is 37.4 Å². The molecule has 0 bridgehead atoms. The molecule has 0 aromatic heterocycles. The summed E-state index contributed by atoms with van der Waals surface area (Å²) in [6, 6.07) is 18.9. The van der Waals surface area contributed by atoms with E-state index in [0.29, 0.717) is 41.7 Å². The molecule has 1 N–H and O–H groups in total. The molecule has 0 saturated heterocycles. The molecule has 0 heterocycles. The van der Waals surface area contributed by atoms with Crippen LogP contribution in [0.15, 0.2) is 60.2 Å². The van der Waals surface area contributed by atoms with Crippen molar-refractivity contribution >= 4 is 40.3 Å². The van der Waals surface area contributed by atoms with Gasteiger partial charge in [-0.1, -0.05) is 29.3 Å². The number of ether oxygens (including phenoxy) is 3. The van der Waals surface area contributed by atoms with E-state index in [9.17, 15) is 10.1 Å². The Kier molecular flexibility index (Phi) is 9.15. The van der Waals surface area contributed by atoms with E-state index in [0.717, 1.165) is 9.13 Å². The maximum Gasteiger partial charge on any atom is 0.266 e. The molecular formula is C28H27IN2O4. The van der Waals surface area contributed by atoms with E-state index in [4.69, 9.17) is 14.2 Å². The topological polar surface area (TPSA) is 80.6 Å². The third-order valence-corrected chi connectivity index (χ3v) is 5.82. The number of nitriles is 1. The molecule has 35 heavy (non-hydrogen) atoms. The van der Waals surface area contributed by atoms with E-state index in [1.807, 2.05) is 19.1 Å². The molecule has 3 aromatic carbocycles. The number of carbonyl (C=O) groups is 1. The number of hydrogen-bond acceptors (Lipinski definition) is 5. The number of aryl methyl sites for hydroxylation is 2. The van der Waals surface area contributed by atoms with Gasteiger partial charge in [-0.25, -0.2) is 0 Å². The van der Waals surface area contributed by atoms with Gasteiger partial charge in [-0.3, -0.25) is 4.79 Å². The minimum atomic E-state index is -0.499. The Hall–Kier alpha value is -3.51. The smallest absolute Gasteiger partial charge is 0.266 e. The van der Waals surface area contributed by atoms with Crippen LogP contribution in [0.25, 0.3) is 6.08 Å². The van der Waals surface area contributed by atoms with Crippen molar-refractivity contribution < 1.29 is 19.0 Å². The van der Waals surface area contributed by atoms with Crippen LogP contribution < -0.4 is 19.5 Å². The van der Waals surface area contributed by atoms with Crippen molar-refractivity contribution in [3.63, 3.8) is 0 Å². The highest BCUT2D eigenvalue weighted by atomic mass is 127. The molecule has 0 aliphatic heterocycles. The molecule has 0 aliphatic rings. The van der Waals surface area contributed by atoms with Crippen LogP contribution in [0.2, 0.25) is 0 Å². The van der Waals surface area contributed by atoms with E-state index in [2.05, 4.69) is 60.0 Å². The van der Waals surface area contributed by atoms with E-state index < -0.39 is 5.91 Å². The molecule has 1 amide bonds. The summed E-state index contributed by atoms with van der Waals surface area (Å²) in [6.07, 6.45) is 1.53. The molecule has 0 atom stereocenters. The van der Waals surface area contributed by atoms with Crippen LogP contribution in [-0.4, -0.2) is 19.6 Å². The fourth-order valence-electron chi connectivity index (χ4n) is 3.59. The summed E-state index contributed by atoms with van der Waals surface area (Å²) in [5.41, 5.74) is 4.63. The second-order valence-corrected chi connectivity index (χ2v) is 9.06. The SMILES string of the molecule is CCOc1ccc(NC(=O)/C(C#N)=C/c2cc(I)c(OCc3cc(C)cc(C)c3)c(OC)c2)cc1. The van der Waals surface area contributed by atoms with E-state index >= 15 is 0 Å². The van der Waals surface area contributed by atoms with Crippen LogP contribution in [0.4, 0.5) is 5.69 Å². The molecule has 0 saturated carbocycles. The van der Waals surface area contributed by atoms with Crippen molar-refractivity contribution in [3.05, 3.63) is 86.0 Å². The Bertz CT molecular complexity index is 1260. The van der Waals surface area contributed by atoms with Crippen LogP contribution in [0.1, 0.15) is 29.2 Å². The van der Waals surface area contributed by atoms with Crippen molar-refractivity contribution in [1.82, 2.24) is 0 Å². The summed E-state index contributed by atoms with van der Waals surface area (Å²) < 4.78 is 17.9. The lowest BCUT2D eigenvalue weighted by Gasteiger charge is -2.14. The third kappa shape index (κ3) is 7.23. The molecule has 0 spiro atoms. The zero-order chi connectivity index (χ0) is 25.4. The number of hydrogen-bond donors (Lipinski definition) is 1. The Labute approximate surface area is 219 Å². The fourth-order valence-corrected chi connectivity index (χ4v) is 4.37. The number of nitrogens with one attached hydrogen (secondary N) is 1. The number of benzene rings is 3. The summed E-state index contributed by atoms with van der Waals surface area (Å²) >= 11 is 2.17. The van der Waals surface area contributed by atoms with Crippen LogP contribution in [0, 0.1) is 28.7 Å². The van der Waals surface area contributed by atoms with E-state index in [1.165, 1.54) is 17.2 Å². The minimum absolute atomic E-state index is 0.0272. The first-order valence-corrected chi connectivity index (χ1v) is 12.1. The summed E-state index contributed by atoms with van der Waals surface area (Å²) in [5, 5.41) is 12.3. The minimum Gasteiger partial charge on any atom is -0.494 e. The van der Waals surface area contributed by atoms with Gasteiger partial charge in [-0.15, -0.1) is 0 Å². The van der Waals surface area contributed by atoms with Crippen molar-refractivity contribution in [3.8, 4) is 23.3 Å². The molecule has 180 valence electrons. The first-order valence-electron chi connectivity index (χ1n) is 11.1. The van der Waals surface area contributed by atoms with Crippen LogP contribution in [0.3, 0.4) is 0 Å². The van der Waals surface area contributed by atoms with Crippen LogP contribution in [-0.2, 0) is 11.4 Å². The average molecular weight is 582 g/mol. The first-order chi connectivity index (χ1) is 16.8. The normalized spacial score (nSPS) is 10.9. The number of rotatable bonds is 9. The summed E-state index contributed by atoms with van der Waals surface area (Å²) in [7, 11) is 1.56. The average Bonchev–Trinajstić information content (AvgIpc) is 2.82. The number of carbonyl (C=O) groups excluding carboxylic acids is 1. The van der Waals surface area contributed by atoms with Gasteiger partial charge in [-0.05, 0) is 97.0 Å². The number of amides is 1. The van der Waals surface area contributed by atoms with Crippen molar-refractivity contribution in [2.75, 3.05) is 19.0 Å². The highest BCUT2D eigenvalue weighted by Gasteiger charge is 2.14. The lowest BCUT2D eigenvalue weighted by atomic mass is 10.1. The van der Waals surface area contributed by atoms with Gasteiger partial charge in [0.1, 0.15) is 24.0 Å². The van der Waals surface area contributed by atoms with Crippen molar-refractivity contribution in [1.29, 1.82) is 5.26 Å². The van der Waals surface area contributed by atoms with Gasteiger partial charge in [0, 0.05) is 5.69 Å². The fraction of sp³-hybridized carbons (Fsp3) is 0.214. The number of anilines is 1. The number of halogens is 1. The maximum absolute atomic E-state index is 12.7. The van der Waals surface area contributed by atoms with Crippen molar-refractivity contribution in [2.24, 2.45) is 0 Å². The van der Waals surface area contributed by atoms with E-state index in [-0.39, 0.29) is 5.57 Å². The summed E-state index contributed by atoms with van der Waals surface area (Å²) in [5.74, 6) is 1.35. The lowest BCUT2D eigenvalue weighted by Crippen LogP contribution is -2.13. The Morgan fingerprint density at radius 3 is 2.34 bits per heavy atom. The Morgan fingerprint density at radius 2 is 1.74 bits per heavy atom. The molecule has 3 aromatic rings. The van der Waals surface area contributed by atoms with Gasteiger partial charge in [0.2, 0.25) is 0 Å². The van der Waals surface area contributed by atoms with Gasteiger partial charge in [0.25, 0.3) is 5.91 Å². The molecule has 0 fully saturated rings. The van der Waals surface area contributed by atoms with Gasteiger partial charge >= 0.3 is 0 Å². The first kappa shape index (κ1) is 26.1. The lowest BCUT2D eigenvalue weighted by molar-refractivity contribution is -0.112. The van der Waals surface area contributed by atoms with Crippen molar-refractivity contribution in [2.45, 2.75) is 27.4 Å². The van der Waals surface area contributed by atoms with Crippen LogP contribution in [0.5, 0.6) is 17.2 Å². The second-order valence-electron chi connectivity index (χ2n) is 7.90. The monoisotopic (exact) mass is 582 g/mol. The molecule has 0 aliphatic carbocycles. The van der Waals surface area contributed by atoms with Gasteiger partial charge in [0.05, 0.1) is 17.3 Å². The third-order valence-electron chi connectivity index (χ3n) is 5.02. The Morgan fingerprint density at radius 1 is 1.06 bits per heavy atom. The maximum atomic E-state index is 12.7. The second kappa shape index (κ2) is 12.3. The molecule has 3 rings (SSSR count). The molecule has 0 unspecified atom stereocenters. The largest absolute Gasteiger partial charge is 0.494 e. The zero-order valence-corrected chi connectivity index (χ0v) is 22.3. The quantitative estimate of drug-likeness (QED) is 0.179. The molecule has 7 heteroatoms. The molecule has 0 radical (unpaired) electrons. The van der Waals surface area contributed by atoms with Gasteiger partial charge in [0.15, 0.2) is 11.5 Å². The molecule has 6 nitrogen and oxygen atoms in total. The van der Waals surface area contributed by atoms with Gasteiger partial charge < -0.3 is 19.5 Å². The van der Waals surface area contributed by atoms with Crippen LogP contribution >= 0.6 is 22.6 Å².